The van der Waals surface area contributed by atoms with E-state index in [1.165, 1.54) is 32.1 Å². The van der Waals surface area contributed by atoms with E-state index in [-0.39, 0.29) is 11.9 Å². The predicted octanol–water partition coefficient (Wildman–Crippen LogP) is 1.74. The van der Waals surface area contributed by atoms with Crippen molar-refractivity contribution in [3.63, 3.8) is 0 Å². The maximum absolute atomic E-state index is 10.8. The van der Waals surface area contributed by atoms with E-state index in [1.54, 1.807) is 0 Å². The van der Waals surface area contributed by atoms with Crippen LogP contribution in [-0.4, -0.2) is 21.7 Å². The number of carbonyl (C=O) groups excluding carboxylic acids is 1. The molecule has 19 heavy (non-hydrogen) atoms. The minimum atomic E-state index is -0.271. The molecule has 1 aliphatic carbocycles. The van der Waals surface area contributed by atoms with Crippen molar-refractivity contribution in [3.8, 4) is 0 Å². The zero-order valence-electron chi connectivity index (χ0n) is 11.6. The highest BCUT2D eigenvalue weighted by atomic mass is 16.1. The number of carbonyl (C=O) groups is 1. The van der Waals surface area contributed by atoms with Crippen LogP contribution >= 0.6 is 0 Å². The fourth-order valence-corrected chi connectivity index (χ4v) is 2.67. The van der Waals surface area contributed by atoms with Gasteiger partial charge in [0.15, 0.2) is 0 Å². The van der Waals surface area contributed by atoms with Crippen LogP contribution in [0.5, 0.6) is 0 Å². The molecule has 0 aliphatic heterocycles. The van der Waals surface area contributed by atoms with Crippen molar-refractivity contribution < 1.29 is 4.79 Å². The maximum atomic E-state index is 10.8. The van der Waals surface area contributed by atoms with E-state index in [0.29, 0.717) is 19.0 Å². The summed E-state index contributed by atoms with van der Waals surface area (Å²) in [6, 6.07) is 2.72. The topological polar surface area (TPSA) is 72.9 Å². The Labute approximate surface area is 114 Å². The summed E-state index contributed by atoms with van der Waals surface area (Å²) in [6.45, 7) is 2.65. The van der Waals surface area contributed by atoms with E-state index >= 15 is 0 Å². The second-order valence-corrected chi connectivity index (χ2v) is 5.53. The third kappa shape index (κ3) is 4.35. The Morgan fingerprint density at radius 1 is 1.53 bits per heavy atom. The lowest BCUT2D eigenvalue weighted by atomic mass is 9.96. The minimum Gasteiger partial charge on any atom is -0.370 e. The molecule has 5 heteroatoms. The lowest BCUT2D eigenvalue weighted by molar-refractivity contribution is -0.118. The molecule has 1 unspecified atom stereocenters. The molecule has 0 aromatic carbocycles. The molecule has 0 radical (unpaired) electrons. The van der Waals surface area contributed by atoms with Crippen molar-refractivity contribution in [2.45, 2.75) is 64.1 Å². The van der Waals surface area contributed by atoms with Crippen LogP contribution in [-0.2, 0) is 11.3 Å². The van der Waals surface area contributed by atoms with Crippen molar-refractivity contribution in [3.05, 3.63) is 18.0 Å². The number of nitrogens with one attached hydrogen (secondary N) is 1. The number of nitrogens with zero attached hydrogens (tertiary/aromatic N) is 2. The van der Waals surface area contributed by atoms with Crippen LogP contribution < -0.4 is 11.1 Å². The van der Waals surface area contributed by atoms with Gasteiger partial charge in [-0.05, 0) is 25.8 Å². The molecule has 0 spiro atoms. The first-order valence-corrected chi connectivity index (χ1v) is 7.21. The van der Waals surface area contributed by atoms with Crippen LogP contribution in [0.3, 0.4) is 0 Å². The second-order valence-electron chi connectivity index (χ2n) is 5.53. The summed E-state index contributed by atoms with van der Waals surface area (Å²) in [5, 5.41) is 7.89. The largest absolute Gasteiger partial charge is 0.370 e. The van der Waals surface area contributed by atoms with Gasteiger partial charge in [-0.25, -0.2) is 0 Å². The van der Waals surface area contributed by atoms with Gasteiger partial charge in [0.25, 0.3) is 0 Å². The van der Waals surface area contributed by atoms with E-state index < -0.39 is 0 Å². The van der Waals surface area contributed by atoms with E-state index in [0.717, 1.165) is 5.69 Å². The van der Waals surface area contributed by atoms with Gasteiger partial charge in [0.05, 0.1) is 11.7 Å². The molecule has 3 N–H and O–H groups in total. The Morgan fingerprint density at radius 3 is 2.95 bits per heavy atom. The number of hydrogen-bond donors (Lipinski definition) is 2. The Hall–Kier alpha value is -1.36. The van der Waals surface area contributed by atoms with Gasteiger partial charge in [-0.3, -0.25) is 9.48 Å². The number of nitrogens with two attached hydrogens (primary N) is 1. The number of hydrogen-bond acceptors (Lipinski definition) is 3. The monoisotopic (exact) mass is 264 g/mol. The summed E-state index contributed by atoms with van der Waals surface area (Å²) < 4.78 is 2.11. The molecule has 2 rings (SSSR count). The third-order valence-corrected chi connectivity index (χ3v) is 3.75. The van der Waals surface area contributed by atoms with Gasteiger partial charge in [-0.1, -0.05) is 19.3 Å². The minimum absolute atomic E-state index is 0.0948. The smallest absolute Gasteiger partial charge is 0.218 e. The van der Waals surface area contributed by atoms with Crippen LogP contribution in [0, 0.1) is 0 Å². The summed E-state index contributed by atoms with van der Waals surface area (Å²) >= 11 is 0. The van der Waals surface area contributed by atoms with Crippen LogP contribution in [0.4, 0.5) is 0 Å². The van der Waals surface area contributed by atoms with Gasteiger partial charge >= 0.3 is 0 Å². The molecular weight excluding hydrogens is 240 g/mol. The lowest BCUT2D eigenvalue weighted by Gasteiger charge is -2.21. The Balaban J connectivity index is 1.81. The summed E-state index contributed by atoms with van der Waals surface area (Å²) in [5.74, 6) is -0.271. The SMILES string of the molecule is CC(CC(N)=O)NCc1ccn(C2CCCCC2)n1. The van der Waals surface area contributed by atoms with Crippen LogP contribution in [0.1, 0.15) is 57.2 Å². The molecule has 1 aromatic heterocycles. The van der Waals surface area contributed by atoms with Crippen molar-refractivity contribution in [1.82, 2.24) is 15.1 Å². The average Bonchev–Trinajstić information content (AvgIpc) is 2.85. The van der Waals surface area contributed by atoms with Crippen LogP contribution in [0.2, 0.25) is 0 Å². The van der Waals surface area contributed by atoms with E-state index in [2.05, 4.69) is 27.4 Å². The lowest BCUT2D eigenvalue weighted by Crippen LogP contribution is -2.30. The van der Waals surface area contributed by atoms with Gasteiger partial charge in [-0.15, -0.1) is 0 Å². The first-order valence-electron chi connectivity index (χ1n) is 7.21. The standard InChI is InChI=1S/C14H24N4O/c1-11(9-14(15)19)16-10-12-7-8-18(17-12)13-5-3-2-4-6-13/h7-8,11,13,16H,2-6,9-10H2,1H3,(H2,15,19). The molecule has 1 aliphatic rings. The Bertz CT molecular complexity index is 409. The van der Waals surface area contributed by atoms with Gasteiger partial charge in [0.2, 0.25) is 5.91 Å². The normalized spacial score (nSPS) is 18.4. The molecule has 0 saturated heterocycles. The van der Waals surface area contributed by atoms with Crippen molar-refractivity contribution in [1.29, 1.82) is 0 Å². The molecule has 106 valence electrons. The maximum Gasteiger partial charge on any atom is 0.218 e. The summed E-state index contributed by atoms with van der Waals surface area (Å²) in [7, 11) is 0. The molecule has 1 saturated carbocycles. The number of aromatic nitrogens is 2. The van der Waals surface area contributed by atoms with Crippen LogP contribution in [0.15, 0.2) is 12.3 Å². The highest BCUT2D eigenvalue weighted by Gasteiger charge is 2.16. The molecule has 1 aromatic rings. The second kappa shape index (κ2) is 6.70. The number of primary amides is 1. The quantitative estimate of drug-likeness (QED) is 0.822. The summed E-state index contributed by atoms with van der Waals surface area (Å²) in [5.41, 5.74) is 6.19. The molecule has 1 atom stereocenters. The van der Waals surface area contributed by atoms with Crippen molar-refractivity contribution in [2.75, 3.05) is 0 Å². The zero-order valence-corrected chi connectivity index (χ0v) is 11.6. The average molecular weight is 264 g/mol. The molecule has 5 nitrogen and oxygen atoms in total. The van der Waals surface area contributed by atoms with Gasteiger partial charge in [-0.2, -0.15) is 5.10 Å². The van der Waals surface area contributed by atoms with E-state index in [4.69, 9.17) is 5.73 Å². The van der Waals surface area contributed by atoms with Gasteiger partial charge < -0.3 is 11.1 Å². The van der Waals surface area contributed by atoms with Crippen molar-refractivity contribution in [2.24, 2.45) is 5.73 Å². The van der Waals surface area contributed by atoms with Gasteiger partial charge in [0.1, 0.15) is 0 Å². The Kier molecular flexibility index (Phi) is 4.96. The fraction of sp³-hybridized carbons (Fsp3) is 0.714. The molecule has 1 heterocycles. The zero-order chi connectivity index (χ0) is 13.7. The molecule has 1 fully saturated rings. The van der Waals surface area contributed by atoms with Crippen LogP contribution in [0.25, 0.3) is 0 Å². The number of rotatable bonds is 6. The fourth-order valence-electron chi connectivity index (χ4n) is 2.67. The first kappa shape index (κ1) is 14.1. The highest BCUT2D eigenvalue weighted by Crippen LogP contribution is 2.27. The molecule has 1 amide bonds. The van der Waals surface area contributed by atoms with Gasteiger partial charge in [0, 0.05) is 25.2 Å². The first-order chi connectivity index (χ1) is 9.15. The summed E-state index contributed by atoms with van der Waals surface area (Å²) in [4.78, 5) is 10.8. The predicted molar refractivity (Wildman–Crippen MR) is 74.5 cm³/mol. The molecule has 0 bridgehead atoms. The highest BCUT2D eigenvalue weighted by molar-refractivity contribution is 5.74. The number of amides is 1. The third-order valence-electron chi connectivity index (χ3n) is 3.75. The summed E-state index contributed by atoms with van der Waals surface area (Å²) in [6.07, 6.45) is 8.91. The van der Waals surface area contributed by atoms with E-state index in [9.17, 15) is 4.79 Å². The van der Waals surface area contributed by atoms with Crippen molar-refractivity contribution >= 4 is 5.91 Å². The Morgan fingerprint density at radius 2 is 2.26 bits per heavy atom. The van der Waals surface area contributed by atoms with E-state index in [1.807, 2.05) is 6.92 Å². The molecular formula is C14H24N4O.